The second-order valence-corrected chi connectivity index (χ2v) is 5.44. The number of aromatic nitrogens is 4. The molecule has 0 fully saturated rings. The summed E-state index contributed by atoms with van der Waals surface area (Å²) in [5.74, 6) is -0.425. The summed E-state index contributed by atoms with van der Waals surface area (Å²) in [4.78, 5) is 24.5. The van der Waals surface area contributed by atoms with Crippen molar-refractivity contribution in [3.8, 4) is 17.1 Å². The highest BCUT2D eigenvalue weighted by Crippen LogP contribution is 2.20. The van der Waals surface area contributed by atoms with Crippen LogP contribution in [0.3, 0.4) is 0 Å². The van der Waals surface area contributed by atoms with Crippen LogP contribution in [0.1, 0.15) is 10.4 Å². The van der Waals surface area contributed by atoms with Gasteiger partial charge in [0, 0.05) is 29.9 Å². The maximum atomic E-state index is 12.5. The van der Waals surface area contributed by atoms with Crippen LogP contribution in [0, 0.1) is 0 Å². The van der Waals surface area contributed by atoms with Gasteiger partial charge in [-0.05, 0) is 18.2 Å². The molecular formula is C16H13ClN4O3. The first-order chi connectivity index (χ1) is 11.5. The quantitative estimate of drug-likeness (QED) is 0.680. The van der Waals surface area contributed by atoms with E-state index in [0.717, 1.165) is 4.68 Å². The van der Waals surface area contributed by atoms with E-state index in [1.807, 2.05) is 0 Å². The molecule has 2 aromatic heterocycles. The van der Waals surface area contributed by atoms with Crippen molar-refractivity contribution in [2.75, 3.05) is 7.11 Å². The van der Waals surface area contributed by atoms with Crippen LogP contribution >= 0.6 is 11.6 Å². The van der Waals surface area contributed by atoms with Crippen molar-refractivity contribution in [1.29, 1.82) is 0 Å². The van der Waals surface area contributed by atoms with Gasteiger partial charge in [-0.15, -0.1) is 0 Å². The van der Waals surface area contributed by atoms with Gasteiger partial charge in [-0.25, -0.2) is 4.79 Å². The molecule has 0 unspecified atom stereocenters. The minimum absolute atomic E-state index is 0.122. The van der Waals surface area contributed by atoms with E-state index in [1.54, 1.807) is 43.6 Å². The molecule has 0 aliphatic carbocycles. The summed E-state index contributed by atoms with van der Waals surface area (Å²) < 4.78 is 7.31. The number of nitrogens with zero attached hydrogens (tertiary/aromatic N) is 4. The molecule has 0 spiro atoms. The first kappa shape index (κ1) is 15.9. The highest BCUT2D eigenvalue weighted by Gasteiger charge is 2.18. The number of ether oxygens (including phenoxy) is 1. The van der Waals surface area contributed by atoms with Crippen LogP contribution < -0.4 is 5.56 Å². The number of halogens is 1. The zero-order valence-electron chi connectivity index (χ0n) is 12.9. The van der Waals surface area contributed by atoms with Gasteiger partial charge in [0.25, 0.3) is 5.56 Å². The van der Waals surface area contributed by atoms with Crippen molar-refractivity contribution >= 4 is 17.6 Å². The Labute approximate surface area is 142 Å². The molecule has 2 heterocycles. The molecule has 0 aliphatic heterocycles. The minimum atomic E-state index is -0.734. The molecule has 0 aliphatic rings. The number of benzene rings is 1. The largest absolute Gasteiger partial charge is 0.465 e. The Balaban J connectivity index is 2.25. The van der Waals surface area contributed by atoms with Crippen LogP contribution in [0.5, 0.6) is 0 Å². The first-order valence-corrected chi connectivity index (χ1v) is 7.36. The van der Waals surface area contributed by atoms with Crippen molar-refractivity contribution < 1.29 is 9.53 Å². The summed E-state index contributed by atoms with van der Waals surface area (Å²) in [6.07, 6.45) is 1.68. The molecule has 0 saturated heterocycles. The lowest BCUT2D eigenvalue weighted by atomic mass is 10.1. The van der Waals surface area contributed by atoms with E-state index in [4.69, 9.17) is 16.3 Å². The maximum absolute atomic E-state index is 12.5. The molecule has 1 aromatic carbocycles. The zero-order valence-corrected chi connectivity index (χ0v) is 13.7. The molecule has 0 saturated carbocycles. The Morgan fingerprint density at radius 3 is 2.46 bits per heavy atom. The molecule has 0 atom stereocenters. The number of methoxy groups -OCH3 is 1. The summed E-state index contributed by atoms with van der Waals surface area (Å²) in [6.45, 7) is 0. The number of esters is 1. The van der Waals surface area contributed by atoms with Crippen LogP contribution in [-0.4, -0.2) is 32.6 Å². The molecule has 0 bridgehead atoms. The Bertz CT molecular complexity index is 960. The minimum Gasteiger partial charge on any atom is -0.465 e. The Hall–Kier alpha value is -2.93. The predicted octanol–water partition coefficient (Wildman–Crippen LogP) is 2.07. The molecular weight excluding hydrogens is 332 g/mol. The topological polar surface area (TPSA) is 79.0 Å². The Morgan fingerprint density at radius 2 is 1.88 bits per heavy atom. The fourth-order valence-electron chi connectivity index (χ4n) is 2.18. The van der Waals surface area contributed by atoms with E-state index in [9.17, 15) is 9.59 Å². The van der Waals surface area contributed by atoms with Crippen LogP contribution in [0.4, 0.5) is 0 Å². The van der Waals surface area contributed by atoms with Crippen LogP contribution in [0.25, 0.3) is 17.1 Å². The lowest BCUT2D eigenvalue weighted by Gasteiger charge is -2.08. The second kappa shape index (κ2) is 6.29. The van der Waals surface area contributed by atoms with Crippen LogP contribution in [0.15, 0.2) is 47.4 Å². The van der Waals surface area contributed by atoms with E-state index in [0.29, 0.717) is 22.1 Å². The number of carbonyl (C=O) groups is 1. The van der Waals surface area contributed by atoms with Gasteiger partial charge in [-0.1, -0.05) is 23.7 Å². The van der Waals surface area contributed by atoms with Gasteiger partial charge >= 0.3 is 5.97 Å². The molecule has 0 radical (unpaired) electrons. The average molecular weight is 345 g/mol. The zero-order chi connectivity index (χ0) is 17.3. The van der Waals surface area contributed by atoms with Crippen LogP contribution in [-0.2, 0) is 11.8 Å². The number of rotatable bonds is 3. The molecule has 24 heavy (non-hydrogen) atoms. The van der Waals surface area contributed by atoms with E-state index < -0.39 is 11.5 Å². The van der Waals surface area contributed by atoms with Crippen molar-refractivity contribution in [2.45, 2.75) is 0 Å². The van der Waals surface area contributed by atoms with Gasteiger partial charge in [-0.3, -0.25) is 9.48 Å². The van der Waals surface area contributed by atoms with Gasteiger partial charge in [0.05, 0.1) is 12.8 Å². The monoisotopic (exact) mass is 344 g/mol. The molecule has 0 amide bonds. The van der Waals surface area contributed by atoms with Crippen LogP contribution in [0.2, 0.25) is 5.02 Å². The van der Waals surface area contributed by atoms with Crippen molar-refractivity contribution in [3.05, 3.63) is 63.5 Å². The first-order valence-electron chi connectivity index (χ1n) is 6.98. The van der Waals surface area contributed by atoms with Gasteiger partial charge in [-0.2, -0.15) is 14.9 Å². The Morgan fingerprint density at radius 1 is 1.17 bits per heavy atom. The number of aryl methyl sites for hydroxylation is 1. The number of carbonyl (C=O) groups excluding carboxylic acids is 1. The molecule has 7 nitrogen and oxygen atoms in total. The van der Waals surface area contributed by atoms with Crippen molar-refractivity contribution in [1.82, 2.24) is 19.6 Å². The smallest absolute Gasteiger partial charge is 0.343 e. The summed E-state index contributed by atoms with van der Waals surface area (Å²) in [5.41, 5.74) is 0.410. The third kappa shape index (κ3) is 2.93. The molecule has 3 aromatic rings. The molecule has 0 N–H and O–H groups in total. The lowest BCUT2D eigenvalue weighted by molar-refractivity contribution is 0.0598. The van der Waals surface area contributed by atoms with Crippen molar-refractivity contribution in [2.24, 2.45) is 7.05 Å². The fraction of sp³-hybridized carbons (Fsp3) is 0.125. The molecule has 8 heteroatoms. The maximum Gasteiger partial charge on any atom is 0.343 e. The normalized spacial score (nSPS) is 10.6. The fourth-order valence-corrected chi connectivity index (χ4v) is 2.31. The number of hydrogen-bond acceptors (Lipinski definition) is 5. The van der Waals surface area contributed by atoms with E-state index >= 15 is 0 Å². The summed E-state index contributed by atoms with van der Waals surface area (Å²) in [6, 6.07) is 9.93. The lowest BCUT2D eigenvalue weighted by Crippen LogP contribution is -2.28. The second-order valence-electron chi connectivity index (χ2n) is 5.01. The summed E-state index contributed by atoms with van der Waals surface area (Å²) in [5, 5.41) is 9.05. The van der Waals surface area contributed by atoms with Crippen molar-refractivity contribution in [3.63, 3.8) is 0 Å². The van der Waals surface area contributed by atoms with E-state index in [2.05, 4.69) is 10.2 Å². The highest BCUT2D eigenvalue weighted by molar-refractivity contribution is 6.30. The predicted molar refractivity (Wildman–Crippen MR) is 88.4 cm³/mol. The van der Waals surface area contributed by atoms with Gasteiger partial charge < -0.3 is 4.74 Å². The highest BCUT2D eigenvalue weighted by atomic mass is 35.5. The molecule has 122 valence electrons. The average Bonchev–Trinajstić information content (AvgIpc) is 3.01. The van der Waals surface area contributed by atoms with Gasteiger partial charge in [0.1, 0.15) is 5.56 Å². The summed E-state index contributed by atoms with van der Waals surface area (Å²) >= 11 is 5.90. The van der Waals surface area contributed by atoms with E-state index in [-0.39, 0.29) is 5.56 Å². The SMILES string of the molecule is COC(=O)c1cc(-c2ccc(Cl)cc2)nn(-c2ccn(C)n2)c1=O. The summed E-state index contributed by atoms with van der Waals surface area (Å²) in [7, 11) is 2.94. The van der Waals surface area contributed by atoms with Gasteiger partial charge in [0.2, 0.25) is 0 Å². The van der Waals surface area contributed by atoms with E-state index in [1.165, 1.54) is 17.9 Å². The molecule has 3 rings (SSSR count). The standard InChI is InChI=1S/C16H13ClN4O3/c1-20-8-7-14(19-20)21-15(22)12(16(23)24-2)9-13(18-21)10-3-5-11(17)6-4-10/h3-9H,1-2H3. The number of hydrogen-bond donors (Lipinski definition) is 0. The Kier molecular flexibility index (Phi) is 4.18. The third-order valence-electron chi connectivity index (χ3n) is 3.37. The van der Waals surface area contributed by atoms with Gasteiger partial charge in [0.15, 0.2) is 5.82 Å². The third-order valence-corrected chi connectivity index (χ3v) is 3.63.